The van der Waals surface area contributed by atoms with E-state index in [2.05, 4.69) is 45.1 Å². The Balaban J connectivity index is 1.96. The van der Waals surface area contributed by atoms with Gasteiger partial charge in [-0.15, -0.1) is 0 Å². The molecule has 1 aliphatic carbocycles. The van der Waals surface area contributed by atoms with Crippen molar-refractivity contribution in [3.05, 3.63) is 35.4 Å². The summed E-state index contributed by atoms with van der Waals surface area (Å²) in [7, 11) is 0. The number of hydrogen-bond donors (Lipinski definition) is 2. The van der Waals surface area contributed by atoms with Gasteiger partial charge in [0.15, 0.2) is 0 Å². The third kappa shape index (κ3) is 4.32. The third-order valence-corrected chi connectivity index (χ3v) is 4.32. The first-order chi connectivity index (χ1) is 9.30. The second kappa shape index (κ2) is 5.87. The van der Waals surface area contributed by atoms with Gasteiger partial charge in [-0.25, -0.2) is 0 Å². The minimum atomic E-state index is 0.122. The van der Waals surface area contributed by atoms with E-state index in [-0.39, 0.29) is 6.61 Å². The van der Waals surface area contributed by atoms with Crippen molar-refractivity contribution in [2.45, 2.75) is 66.2 Å². The molecule has 2 N–H and O–H groups in total. The van der Waals surface area contributed by atoms with Crippen molar-refractivity contribution in [2.24, 2.45) is 10.8 Å². The van der Waals surface area contributed by atoms with Crippen LogP contribution >= 0.6 is 0 Å². The van der Waals surface area contributed by atoms with Crippen molar-refractivity contribution >= 4 is 0 Å². The number of aliphatic hydroxyl groups excluding tert-OH is 1. The van der Waals surface area contributed by atoms with Gasteiger partial charge in [0.05, 0.1) is 6.61 Å². The first-order valence-electron chi connectivity index (χ1n) is 7.72. The first-order valence-corrected chi connectivity index (χ1v) is 7.72. The number of aliphatic hydroxyl groups is 1. The fourth-order valence-electron chi connectivity index (χ4n) is 4.09. The van der Waals surface area contributed by atoms with Gasteiger partial charge in [-0.05, 0) is 41.2 Å². The van der Waals surface area contributed by atoms with Crippen LogP contribution in [0, 0.1) is 10.8 Å². The summed E-state index contributed by atoms with van der Waals surface area (Å²) in [6.07, 6.45) is 3.80. The van der Waals surface area contributed by atoms with E-state index >= 15 is 0 Å². The molecule has 20 heavy (non-hydrogen) atoms. The minimum absolute atomic E-state index is 0.122. The predicted octanol–water partition coefficient (Wildman–Crippen LogP) is 3.87. The van der Waals surface area contributed by atoms with E-state index in [1.165, 1.54) is 24.8 Å². The molecular weight excluding hydrogens is 246 g/mol. The van der Waals surface area contributed by atoms with Crippen LogP contribution in [-0.2, 0) is 13.2 Å². The third-order valence-electron chi connectivity index (χ3n) is 4.32. The van der Waals surface area contributed by atoms with Crippen LogP contribution in [0.1, 0.15) is 58.1 Å². The van der Waals surface area contributed by atoms with Crippen molar-refractivity contribution < 1.29 is 5.11 Å². The molecule has 0 saturated heterocycles. The molecule has 2 nitrogen and oxygen atoms in total. The van der Waals surface area contributed by atoms with E-state index < -0.39 is 0 Å². The van der Waals surface area contributed by atoms with Crippen LogP contribution in [-0.4, -0.2) is 11.1 Å². The van der Waals surface area contributed by atoms with E-state index in [1.807, 2.05) is 12.1 Å². The van der Waals surface area contributed by atoms with Crippen molar-refractivity contribution in [3.63, 3.8) is 0 Å². The fraction of sp³-hybridized carbons (Fsp3) is 0.667. The molecule has 2 heteroatoms. The number of rotatable bonds is 4. The van der Waals surface area contributed by atoms with E-state index in [1.54, 1.807) is 0 Å². The van der Waals surface area contributed by atoms with Crippen LogP contribution in [0.2, 0.25) is 0 Å². The topological polar surface area (TPSA) is 32.3 Å². The summed E-state index contributed by atoms with van der Waals surface area (Å²) in [6, 6.07) is 8.80. The highest BCUT2D eigenvalue weighted by atomic mass is 16.3. The number of nitrogens with one attached hydrogen (secondary N) is 1. The molecule has 1 fully saturated rings. The average molecular weight is 275 g/mol. The predicted molar refractivity (Wildman–Crippen MR) is 84.4 cm³/mol. The molecule has 112 valence electrons. The van der Waals surface area contributed by atoms with Gasteiger partial charge >= 0.3 is 0 Å². The Labute approximate surface area is 123 Å². The molecule has 1 aromatic rings. The number of hydrogen-bond acceptors (Lipinski definition) is 2. The monoisotopic (exact) mass is 275 g/mol. The summed E-state index contributed by atoms with van der Waals surface area (Å²) in [5, 5.41) is 12.9. The molecule has 2 rings (SSSR count). The summed E-state index contributed by atoms with van der Waals surface area (Å²) < 4.78 is 0. The first kappa shape index (κ1) is 15.5. The molecule has 0 unspecified atom stereocenters. The lowest BCUT2D eigenvalue weighted by Crippen LogP contribution is -2.43. The standard InChI is InChI=1S/C18H29NO/c1-17(2)9-16(10-18(3,4)13-17)19-11-14-6-5-7-15(8-14)12-20/h5-8,16,19-20H,9-13H2,1-4H3. The Morgan fingerprint density at radius 1 is 1.10 bits per heavy atom. The van der Waals surface area contributed by atoms with Crippen LogP contribution in [0.4, 0.5) is 0 Å². The molecule has 1 aliphatic rings. The summed E-state index contributed by atoms with van der Waals surface area (Å²) in [5.74, 6) is 0. The van der Waals surface area contributed by atoms with E-state index in [0.29, 0.717) is 16.9 Å². The van der Waals surface area contributed by atoms with Crippen molar-refractivity contribution in [3.8, 4) is 0 Å². The lowest BCUT2D eigenvalue weighted by Gasteiger charge is -2.45. The molecule has 0 aliphatic heterocycles. The normalized spacial score (nSPS) is 21.9. The van der Waals surface area contributed by atoms with Gasteiger partial charge in [0.1, 0.15) is 0 Å². The van der Waals surface area contributed by atoms with Gasteiger partial charge in [-0.3, -0.25) is 0 Å². The summed E-state index contributed by atoms with van der Waals surface area (Å²) in [5.41, 5.74) is 3.10. The van der Waals surface area contributed by atoms with Gasteiger partial charge in [-0.1, -0.05) is 52.0 Å². The molecule has 1 aromatic carbocycles. The van der Waals surface area contributed by atoms with Crippen molar-refractivity contribution in [1.29, 1.82) is 0 Å². The van der Waals surface area contributed by atoms with Gasteiger partial charge < -0.3 is 10.4 Å². The Bertz CT molecular complexity index is 434. The molecule has 1 saturated carbocycles. The molecule has 0 atom stereocenters. The fourth-order valence-corrected chi connectivity index (χ4v) is 4.09. The maximum absolute atomic E-state index is 9.20. The molecule has 0 aromatic heterocycles. The lowest BCUT2D eigenvalue weighted by atomic mass is 9.63. The van der Waals surface area contributed by atoms with Crippen LogP contribution in [0.5, 0.6) is 0 Å². The Morgan fingerprint density at radius 2 is 1.70 bits per heavy atom. The van der Waals surface area contributed by atoms with Crippen molar-refractivity contribution in [2.75, 3.05) is 0 Å². The van der Waals surface area contributed by atoms with Gasteiger partial charge in [0.25, 0.3) is 0 Å². The zero-order chi connectivity index (χ0) is 14.8. The Hall–Kier alpha value is -0.860. The lowest BCUT2D eigenvalue weighted by molar-refractivity contribution is 0.0845. The van der Waals surface area contributed by atoms with Gasteiger partial charge in [0.2, 0.25) is 0 Å². The SMILES string of the molecule is CC1(C)CC(NCc2cccc(CO)c2)CC(C)(C)C1. The minimum Gasteiger partial charge on any atom is -0.392 e. The maximum atomic E-state index is 9.20. The largest absolute Gasteiger partial charge is 0.392 e. The van der Waals surface area contributed by atoms with E-state index in [0.717, 1.165) is 12.1 Å². The second-order valence-corrected chi connectivity index (χ2v) is 7.97. The Morgan fingerprint density at radius 3 is 2.30 bits per heavy atom. The van der Waals surface area contributed by atoms with Crippen molar-refractivity contribution in [1.82, 2.24) is 5.32 Å². The molecule has 0 amide bonds. The van der Waals surface area contributed by atoms with Crippen LogP contribution < -0.4 is 5.32 Å². The molecule has 0 bridgehead atoms. The summed E-state index contributed by atoms with van der Waals surface area (Å²) in [6.45, 7) is 10.6. The zero-order valence-electron chi connectivity index (χ0n) is 13.4. The highest BCUT2D eigenvalue weighted by Crippen LogP contribution is 2.45. The summed E-state index contributed by atoms with van der Waals surface area (Å²) in [4.78, 5) is 0. The van der Waals surface area contributed by atoms with Crippen LogP contribution in [0.25, 0.3) is 0 Å². The van der Waals surface area contributed by atoms with Gasteiger partial charge in [0, 0.05) is 12.6 Å². The Kier molecular flexibility index (Phi) is 4.55. The molecule has 0 radical (unpaired) electrons. The molecule has 0 spiro atoms. The smallest absolute Gasteiger partial charge is 0.0681 e. The number of benzene rings is 1. The quantitative estimate of drug-likeness (QED) is 0.874. The van der Waals surface area contributed by atoms with Crippen LogP contribution in [0.3, 0.4) is 0 Å². The van der Waals surface area contributed by atoms with Crippen LogP contribution in [0.15, 0.2) is 24.3 Å². The summed E-state index contributed by atoms with van der Waals surface area (Å²) >= 11 is 0. The maximum Gasteiger partial charge on any atom is 0.0681 e. The highest BCUT2D eigenvalue weighted by molar-refractivity contribution is 5.22. The average Bonchev–Trinajstić information content (AvgIpc) is 2.33. The zero-order valence-corrected chi connectivity index (χ0v) is 13.4. The highest BCUT2D eigenvalue weighted by Gasteiger charge is 2.38. The van der Waals surface area contributed by atoms with Gasteiger partial charge in [-0.2, -0.15) is 0 Å². The van der Waals surface area contributed by atoms with E-state index in [9.17, 15) is 5.11 Å². The molecule has 0 heterocycles. The second-order valence-electron chi connectivity index (χ2n) is 7.97. The molecular formula is C18H29NO. The van der Waals surface area contributed by atoms with E-state index in [4.69, 9.17) is 0 Å².